The number of rotatable bonds is 5. The molecule has 0 amide bonds. The zero-order valence-electron chi connectivity index (χ0n) is 12.0. The monoisotopic (exact) mass is 294 g/mol. The summed E-state index contributed by atoms with van der Waals surface area (Å²) in [5.41, 5.74) is 6.77. The van der Waals surface area contributed by atoms with Gasteiger partial charge in [0.25, 0.3) is 0 Å². The van der Waals surface area contributed by atoms with Gasteiger partial charge in [0, 0.05) is 49.4 Å². The molecule has 1 aliphatic rings. The molecule has 1 saturated heterocycles. The molecule has 0 spiro atoms. The van der Waals surface area contributed by atoms with Gasteiger partial charge in [0.15, 0.2) is 0 Å². The van der Waals surface area contributed by atoms with Gasteiger partial charge in [-0.15, -0.1) is 0 Å². The highest BCUT2D eigenvalue weighted by atomic mass is 35.5. The molecule has 1 atom stereocenters. The highest BCUT2D eigenvalue weighted by Gasteiger charge is 2.23. The molecule has 0 aliphatic carbocycles. The topological polar surface area (TPSA) is 56.4 Å². The van der Waals surface area contributed by atoms with Crippen molar-refractivity contribution in [3.8, 4) is 0 Å². The molecule has 1 aliphatic heterocycles. The van der Waals surface area contributed by atoms with E-state index in [1.807, 2.05) is 12.1 Å². The van der Waals surface area contributed by atoms with Crippen molar-refractivity contribution in [3.05, 3.63) is 29.3 Å². The summed E-state index contributed by atoms with van der Waals surface area (Å²) in [6, 6.07) is 8.43. The molecule has 2 rings (SSSR count). The van der Waals surface area contributed by atoms with Crippen LogP contribution in [0.2, 0.25) is 5.02 Å². The first-order valence-corrected chi connectivity index (χ1v) is 7.55. The maximum atomic E-state index is 7.47. The van der Waals surface area contributed by atoms with Gasteiger partial charge in [-0.1, -0.05) is 18.5 Å². The summed E-state index contributed by atoms with van der Waals surface area (Å²) in [6.45, 7) is 6.23. The SMILES string of the molecule is CCC(CC(=N)N)N1CCN(c2ccc(Cl)cc2)CC1. The van der Waals surface area contributed by atoms with Crippen molar-refractivity contribution in [1.82, 2.24) is 4.90 Å². The highest BCUT2D eigenvalue weighted by molar-refractivity contribution is 6.30. The van der Waals surface area contributed by atoms with Gasteiger partial charge >= 0.3 is 0 Å². The molecule has 20 heavy (non-hydrogen) atoms. The molecule has 0 saturated carbocycles. The molecule has 0 radical (unpaired) electrons. The number of hydrogen-bond donors (Lipinski definition) is 2. The van der Waals surface area contributed by atoms with E-state index >= 15 is 0 Å². The molecule has 4 nitrogen and oxygen atoms in total. The molecule has 1 fully saturated rings. The first-order valence-electron chi connectivity index (χ1n) is 7.17. The second kappa shape index (κ2) is 6.95. The molecule has 5 heteroatoms. The van der Waals surface area contributed by atoms with Gasteiger partial charge in [-0.25, -0.2) is 0 Å². The average molecular weight is 295 g/mol. The Bertz CT molecular complexity index is 438. The van der Waals surface area contributed by atoms with Crippen LogP contribution in [0.4, 0.5) is 5.69 Å². The fraction of sp³-hybridized carbons (Fsp3) is 0.533. The molecule has 0 bridgehead atoms. The molecule has 1 unspecified atom stereocenters. The van der Waals surface area contributed by atoms with Crippen LogP contribution in [-0.4, -0.2) is 43.0 Å². The molecule has 1 aromatic rings. The van der Waals surface area contributed by atoms with E-state index in [0.717, 1.165) is 37.6 Å². The van der Waals surface area contributed by atoms with Gasteiger partial charge in [-0.3, -0.25) is 10.3 Å². The minimum Gasteiger partial charge on any atom is -0.388 e. The van der Waals surface area contributed by atoms with Gasteiger partial charge in [-0.2, -0.15) is 0 Å². The third-order valence-corrected chi connectivity index (χ3v) is 4.20. The number of halogens is 1. The number of hydrogen-bond acceptors (Lipinski definition) is 3. The maximum absolute atomic E-state index is 7.47. The van der Waals surface area contributed by atoms with Gasteiger partial charge in [0.05, 0.1) is 5.84 Å². The van der Waals surface area contributed by atoms with E-state index in [1.54, 1.807) is 0 Å². The van der Waals surface area contributed by atoms with Gasteiger partial charge in [0.2, 0.25) is 0 Å². The number of piperazine rings is 1. The summed E-state index contributed by atoms with van der Waals surface area (Å²) in [4.78, 5) is 4.83. The zero-order valence-corrected chi connectivity index (χ0v) is 12.7. The Labute approximate surface area is 126 Å². The van der Waals surface area contributed by atoms with Crippen molar-refractivity contribution >= 4 is 23.1 Å². The van der Waals surface area contributed by atoms with Crippen LogP contribution in [0.3, 0.4) is 0 Å². The Morgan fingerprint density at radius 1 is 1.25 bits per heavy atom. The molecular formula is C15H23ClN4. The standard InChI is InChI=1S/C15H23ClN4/c1-2-13(11-15(17)18)19-7-9-20(10-8-19)14-5-3-12(16)4-6-14/h3-6,13H,2,7-11H2,1H3,(H3,17,18). The second-order valence-corrected chi connectivity index (χ2v) is 5.73. The minimum absolute atomic E-state index is 0.289. The predicted molar refractivity (Wildman–Crippen MR) is 85.8 cm³/mol. The van der Waals surface area contributed by atoms with E-state index in [1.165, 1.54) is 5.69 Å². The third kappa shape index (κ3) is 3.87. The number of benzene rings is 1. The van der Waals surface area contributed by atoms with Crippen LogP contribution in [0, 0.1) is 5.41 Å². The van der Waals surface area contributed by atoms with Crippen LogP contribution in [0.15, 0.2) is 24.3 Å². The molecule has 3 N–H and O–H groups in total. The van der Waals surface area contributed by atoms with Crippen LogP contribution >= 0.6 is 11.6 Å². The van der Waals surface area contributed by atoms with E-state index in [9.17, 15) is 0 Å². The number of nitrogens with one attached hydrogen (secondary N) is 1. The summed E-state index contributed by atoms with van der Waals surface area (Å²) in [7, 11) is 0. The fourth-order valence-electron chi connectivity index (χ4n) is 2.78. The van der Waals surface area contributed by atoms with E-state index in [4.69, 9.17) is 22.7 Å². The molecular weight excluding hydrogens is 272 g/mol. The summed E-state index contributed by atoms with van der Waals surface area (Å²) in [5, 5.41) is 8.25. The van der Waals surface area contributed by atoms with Gasteiger partial charge < -0.3 is 10.6 Å². The van der Waals surface area contributed by atoms with Crippen molar-refractivity contribution in [2.45, 2.75) is 25.8 Å². The largest absolute Gasteiger partial charge is 0.388 e. The lowest BCUT2D eigenvalue weighted by Gasteiger charge is -2.40. The van der Waals surface area contributed by atoms with Gasteiger partial charge in [-0.05, 0) is 30.7 Å². The lowest BCUT2D eigenvalue weighted by atomic mass is 10.1. The summed E-state index contributed by atoms with van der Waals surface area (Å²) in [6.07, 6.45) is 1.72. The van der Waals surface area contributed by atoms with E-state index in [0.29, 0.717) is 12.5 Å². The predicted octanol–water partition coefficient (Wildman–Crippen LogP) is 2.57. The van der Waals surface area contributed by atoms with Crippen molar-refractivity contribution in [2.24, 2.45) is 5.73 Å². The number of amidine groups is 1. The summed E-state index contributed by atoms with van der Waals surface area (Å²) >= 11 is 5.92. The van der Waals surface area contributed by atoms with Crippen LogP contribution in [0.25, 0.3) is 0 Å². The minimum atomic E-state index is 0.289. The fourth-order valence-corrected chi connectivity index (χ4v) is 2.91. The highest BCUT2D eigenvalue weighted by Crippen LogP contribution is 2.21. The molecule has 110 valence electrons. The Balaban J connectivity index is 1.91. The zero-order chi connectivity index (χ0) is 14.5. The Morgan fingerprint density at radius 2 is 1.85 bits per heavy atom. The number of nitrogens with two attached hydrogens (primary N) is 1. The van der Waals surface area contributed by atoms with Crippen LogP contribution in [-0.2, 0) is 0 Å². The average Bonchev–Trinajstić information content (AvgIpc) is 2.46. The molecule has 1 aromatic carbocycles. The van der Waals surface area contributed by atoms with E-state index in [2.05, 4.69) is 28.9 Å². The van der Waals surface area contributed by atoms with E-state index < -0.39 is 0 Å². The third-order valence-electron chi connectivity index (χ3n) is 3.95. The van der Waals surface area contributed by atoms with Crippen LogP contribution < -0.4 is 10.6 Å². The first kappa shape index (κ1) is 15.1. The first-order chi connectivity index (χ1) is 9.60. The summed E-state index contributed by atoms with van der Waals surface area (Å²) < 4.78 is 0. The molecule has 1 heterocycles. The van der Waals surface area contributed by atoms with Crippen molar-refractivity contribution in [3.63, 3.8) is 0 Å². The quantitative estimate of drug-likeness (QED) is 0.648. The van der Waals surface area contributed by atoms with Gasteiger partial charge in [0.1, 0.15) is 0 Å². The van der Waals surface area contributed by atoms with Crippen molar-refractivity contribution in [2.75, 3.05) is 31.1 Å². The number of anilines is 1. The Kier molecular flexibility index (Phi) is 5.26. The van der Waals surface area contributed by atoms with Crippen molar-refractivity contribution in [1.29, 1.82) is 5.41 Å². The Hall–Kier alpha value is -1.26. The smallest absolute Gasteiger partial charge is 0.0921 e. The van der Waals surface area contributed by atoms with E-state index in [-0.39, 0.29) is 5.84 Å². The van der Waals surface area contributed by atoms with Crippen molar-refractivity contribution < 1.29 is 0 Å². The molecule has 0 aromatic heterocycles. The number of nitrogens with zero attached hydrogens (tertiary/aromatic N) is 2. The maximum Gasteiger partial charge on any atom is 0.0921 e. The normalized spacial score (nSPS) is 18.0. The summed E-state index contributed by atoms with van der Waals surface area (Å²) in [5.74, 6) is 0.289. The lowest BCUT2D eigenvalue weighted by Crippen LogP contribution is -2.51. The van der Waals surface area contributed by atoms with Crippen LogP contribution in [0.5, 0.6) is 0 Å². The van der Waals surface area contributed by atoms with Crippen LogP contribution in [0.1, 0.15) is 19.8 Å². The second-order valence-electron chi connectivity index (χ2n) is 5.29. The Morgan fingerprint density at radius 3 is 2.35 bits per heavy atom. The lowest BCUT2D eigenvalue weighted by molar-refractivity contribution is 0.184.